The molecule has 0 spiro atoms. The Labute approximate surface area is 141 Å². The fourth-order valence-electron chi connectivity index (χ4n) is 2.68. The van der Waals surface area contributed by atoms with Crippen molar-refractivity contribution in [3.8, 4) is 0 Å². The lowest BCUT2D eigenvalue weighted by Crippen LogP contribution is -2.49. The Morgan fingerprint density at radius 2 is 2.12 bits per heavy atom. The van der Waals surface area contributed by atoms with Crippen molar-refractivity contribution in [1.82, 2.24) is 9.78 Å². The number of ketones is 1. The highest BCUT2D eigenvalue weighted by molar-refractivity contribution is 6.00. The van der Waals surface area contributed by atoms with Crippen LogP contribution in [0.5, 0.6) is 0 Å². The first kappa shape index (κ1) is 18.4. The van der Waals surface area contributed by atoms with Crippen LogP contribution in [-0.2, 0) is 9.53 Å². The molecule has 0 fully saturated rings. The van der Waals surface area contributed by atoms with Crippen molar-refractivity contribution in [1.29, 1.82) is 0 Å². The molecule has 0 aliphatic carbocycles. The average molecular weight is 335 g/mol. The number of aromatic nitrogens is 2. The highest BCUT2D eigenvalue weighted by atomic mass is 16.5. The first-order chi connectivity index (χ1) is 11.0. The highest BCUT2D eigenvalue weighted by Crippen LogP contribution is 2.36. The minimum Gasteiger partial charge on any atom is -0.388 e. The largest absolute Gasteiger partial charge is 0.388 e. The zero-order valence-electron chi connectivity index (χ0n) is 14.7. The van der Waals surface area contributed by atoms with Gasteiger partial charge in [-0.1, -0.05) is 13.8 Å². The van der Waals surface area contributed by atoms with E-state index in [1.54, 1.807) is 46.8 Å². The predicted octanol–water partition coefficient (Wildman–Crippen LogP) is 1.32. The van der Waals surface area contributed by atoms with E-state index in [9.17, 15) is 14.7 Å². The molecule has 1 aromatic heterocycles. The number of aliphatic hydroxyl groups is 1. The molecule has 0 saturated heterocycles. The third kappa shape index (κ3) is 3.42. The molecule has 1 aliphatic heterocycles. The minimum atomic E-state index is -1.07. The van der Waals surface area contributed by atoms with Crippen molar-refractivity contribution in [2.24, 2.45) is 11.7 Å². The number of carbonyl (C=O) groups is 2. The minimum absolute atomic E-state index is 0.0198. The molecule has 1 amide bonds. The number of fused-ring (bicyclic) bond motifs is 1. The maximum Gasteiger partial charge on any atom is 0.245 e. The van der Waals surface area contributed by atoms with Crippen molar-refractivity contribution in [2.45, 2.75) is 51.9 Å². The molecular weight excluding hydrogens is 310 g/mol. The number of rotatable bonds is 6. The third-order valence-corrected chi connectivity index (χ3v) is 3.99. The lowest BCUT2D eigenvalue weighted by atomic mass is 9.90. The fraction of sp³-hybridized carbons (Fsp3) is 0.588. The van der Waals surface area contributed by atoms with E-state index in [2.05, 4.69) is 5.10 Å². The van der Waals surface area contributed by atoms with Gasteiger partial charge in [-0.3, -0.25) is 9.59 Å². The molecule has 7 nitrogen and oxygen atoms in total. The van der Waals surface area contributed by atoms with E-state index in [4.69, 9.17) is 10.5 Å². The van der Waals surface area contributed by atoms with Gasteiger partial charge in [0, 0.05) is 5.92 Å². The summed E-state index contributed by atoms with van der Waals surface area (Å²) in [6.07, 6.45) is 4.87. The first-order valence-electron chi connectivity index (χ1n) is 7.93. The van der Waals surface area contributed by atoms with Crippen LogP contribution in [-0.4, -0.2) is 44.4 Å². The molecule has 2 unspecified atom stereocenters. The summed E-state index contributed by atoms with van der Waals surface area (Å²) in [5, 5.41) is 14.1. The van der Waals surface area contributed by atoms with Crippen LogP contribution >= 0.6 is 0 Å². The van der Waals surface area contributed by atoms with Crippen LogP contribution in [0.3, 0.4) is 0 Å². The molecule has 0 bridgehead atoms. The smallest absolute Gasteiger partial charge is 0.245 e. The summed E-state index contributed by atoms with van der Waals surface area (Å²) < 4.78 is 7.23. The van der Waals surface area contributed by atoms with Crippen LogP contribution < -0.4 is 5.73 Å². The molecule has 132 valence electrons. The second-order valence-corrected chi connectivity index (χ2v) is 7.33. The molecule has 1 aliphatic rings. The number of amides is 1. The molecule has 7 heteroatoms. The van der Waals surface area contributed by atoms with Gasteiger partial charge in [-0.2, -0.15) is 5.10 Å². The summed E-state index contributed by atoms with van der Waals surface area (Å²) in [6, 6.07) is -0.909. The normalized spacial score (nSPS) is 23.4. The third-order valence-electron chi connectivity index (χ3n) is 3.99. The molecule has 0 saturated carbocycles. The van der Waals surface area contributed by atoms with E-state index in [0.29, 0.717) is 11.3 Å². The SMILES string of the molecule is CC(C)C(=O)c1cnn2c1C=CC(C)(OCC(C)(C)O)C2C(N)=O. The summed E-state index contributed by atoms with van der Waals surface area (Å²) >= 11 is 0. The van der Waals surface area contributed by atoms with Gasteiger partial charge in [-0.15, -0.1) is 0 Å². The average Bonchev–Trinajstić information content (AvgIpc) is 2.86. The van der Waals surface area contributed by atoms with Crippen LogP contribution in [0.4, 0.5) is 0 Å². The van der Waals surface area contributed by atoms with Crippen LogP contribution in [0.2, 0.25) is 0 Å². The molecule has 3 N–H and O–H groups in total. The Hall–Kier alpha value is -1.99. The van der Waals surface area contributed by atoms with Crippen molar-refractivity contribution in [2.75, 3.05) is 6.61 Å². The van der Waals surface area contributed by atoms with Gasteiger partial charge in [-0.25, -0.2) is 4.68 Å². The van der Waals surface area contributed by atoms with Crippen LogP contribution in [0.1, 0.15) is 56.7 Å². The van der Waals surface area contributed by atoms with Crippen LogP contribution in [0, 0.1) is 5.92 Å². The van der Waals surface area contributed by atoms with Gasteiger partial charge in [0.05, 0.1) is 29.7 Å². The van der Waals surface area contributed by atoms with Gasteiger partial charge in [0.1, 0.15) is 5.60 Å². The number of carbonyl (C=O) groups excluding carboxylic acids is 2. The monoisotopic (exact) mass is 335 g/mol. The maximum absolute atomic E-state index is 12.3. The molecule has 0 aromatic carbocycles. The molecule has 1 aromatic rings. The highest BCUT2D eigenvalue weighted by Gasteiger charge is 2.44. The number of ether oxygens (including phenoxy) is 1. The maximum atomic E-state index is 12.3. The number of hydrogen-bond acceptors (Lipinski definition) is 5. The lowest BCUT2D eigenvalue weighted by molar-refractivity contribution is -0.137. The standard InChI is InChI=1S/C17H25N3O4/c1-10(2)13(21)11-8-19-20-12(11)6-7-17(5,14(20)15(18)22)24-9-16(3,4)23/h6-8,10,14,23H,9H2,1-5H3,(H2,18,22). The van der Waals surface area contributed by atoms with Gasteiger partial charge in [0.25, 0.3) is 0 Å². The van der Waals surface area contributed by atoms with Crippen molar-refractivity contribution >= 4 is 17.8 Å². The van der Waals surface area contributed by atoms with Crippen molar-refractivity contribution in [3.63, 3.8) is 0 Å². The first-order valence-corrected chi connectivity index (χ1v) is 7.93. The van der Waals surface area contributed by atoms with E-state index in [1.807, 2.05) is 0 Å². The van der Waals surface area contributed by atoms with E-state index in [-0.39, 0.29) is 18.3 Å². The number of Topliss-reactive ketones (excluding diaryl/α,β-unsaturated/α-hetero) is 1. The van der Waals surface area contributed by atoms with Crippen molar-refractivity contribution in [3.05, 3.63) is 23.5 Å². The zero-order chi connectivity index (χ0) is 18.3. The Morgan fingerprint density at radius 1 is 1.50 bits per heavy atom. The second-order valence-electron chi connectivity index (χ2n) is 7.33. The van der Waals surface area contributed by atoms with Crippen LogP contribution in [0.15, 0.2) is 12.3 Å². The molecule has 2 rings (SSSR count). The summed E-state index contributed by atoms with van der Waals surface area (Å²) in [7, 11) is 0. The topological polar surface area (TPSA) is 107 Å². The van der Waals surface area contributed by atoms with Gasteiger partial charge >= 0.3 is 0 Å². The second kappa shape index (κ2) is 6.14. The predicted molar refractivity (Wildman–Crippen MR) is 89.3 cm³/mol. The van der Waals surface area contributed by atoms with Crippen LogP contribution in [0.25, 0.3) is 6.08 Å². The van der Waals surface area contributed by atoms with E-state index in [1.165, 1.54) is 10.9 Å². The molecule has 24 heavy (non-hydrogen) atoms. The quantitative estimate of drug-likeness (QED) is 0.762. The number of hydrogen-bond donors (Lipinski definition) is 2. The molecular formula is C17H25N3O4. The number of nitrogens with two attached hydrogens (primary N) is 1. The Balaban J connectivity index is 2.44. The van der Waals surface area contributed by atoms with Gasteiger partial charge < -0.3 is 15.6 Å². The Kier molecular flexibility index (Phi) is 4.70. The van der Waals surface area contributed by atoms with Gasteiger partial charge in [0.15, 0.2) is 11.8 Å². The van der Waals surface area contributed by atoms with E-state index < -0.39 is 23.2 Å². The van der Waals surface area contributed by atoms with Gasteiger partial charge in [-0.05, 0) is 32.9 Å². The summed E-state index contributed by atoms with van der Waals surface area (Å²) in [5.41, 5.74) is 4.46. The Morgan fingerprint density at radius 3 is 2.62 bits per heavy atom. The van der Waals surface area contributed by atoms with Gasteiger partial charge in [0.2, 0.25) is 5.91 Å². The van der Waals surface area contributed by atoms with Crippen molar-refractivity contribution < 1.29 is 19.4 Å². The van der Waals surface area contributed by atoms with E-state index >= 15 is 0 Å². The summed E-state index contributed by atoms with van der Waals surface area (Å²) in [5.74, 6) is -0.852. The lowest BCUT2D eigenvalue weighted by Gasteiger charge is -2.38. The Bertz CT molecular complexity index is 684. The summed E-state index contributed by atoms with van der Waals surface area (Å²) in [6.45, 7) is 8.56. The number of primary amides is 1. The fourth-order valence-corrected chi connectivity index (χ4v) is 2.68. The van der Waals surface area contributed by atoms with E-state index in [0.717, 1.165) is 0 Å². The molecule has 0 radical (unpaired) electrons. The summed E-state index contributed by atoms with van der Waals surface area (Å²) in [4.78, 5) is 24.4. The zero-order valence-corrected chi connectivity index (χ0v) is 14.7. The number of nitrogens with zero attached hydrogens (tertiary/aromatic N) is 2. The molecule has 2 atom stereocenters. The molecule has 2 heterocycles.